The third kappa shape index (κ3) is 7.69. The highest BCUT2D eigenvalue weighted by Crippen LogP contribution is 2.33. The van der Waals surface area contributed by atoms with Gasteiger partial charge in [-0.3, -0.25) is 19.2 Å². The number of hydrogen-bond acceptors (Lipinski definition) is 13. The quantitative estimate of drug-likeness (QED) is 0.151. The van der Waals surface area contributed by atoms with Gasteiger partial charge in [-0.25, -0.2) is 0 Å². The molecule has 2 aromatic carbocycles. The largest absolute Gasteiger partial charge is 0.507 e. The summed E-state index contributed by atoms with van der Waals surface area (Å²) in [6.07, 6.45) is -6.88. The van der Waals surface area contributed by atoms with Gasteiger partial charge in [0.15, 0.2) is 12.2 Å². The van der Waals surface area contributed by atoms with Crippen LogP contribution in [0.4, 0.5) is 0 Å². The molecule has 0 unspecified atom stereocenters. The fraction of sp³-hybridized carbons (Fsp3) is 0.370. The van der Waals surface area contributed by atoms with Gasteiger partial charge in [0.1, 0.15) is 29.9 Å². The normalized spacial score (nSPS) is 22.5. The van der Waals surface area contributed by atoms with Crippen LogP contribution in [0.3, 0.4) is 0 Å². The molecule has 1 saturated heterocycles. The third-order valence-electron chi connectivity index (χ3n) is 5.57. The number of esters is 4. The number of rotatable bonds is 9. The highest BCUT2D eigenvalue weighted by molar-refractivity contribution is 6.14. The summed E-state index contributed by atoms with van der Waals surface area (Å²) in [5.41, 5.74) is 0.813. The van der Waals surface area contributed by atoms with E-state index in [9.17, 15) is 29.5 Å². The van der Waals surface area contributed by atoms with Crippen LogP contribution in [0.5, 0.6) is 11.5 Å². The number of carbonyl (C=O) groups excluding carboxylic acids is 4. The number of ether oxygens (including phenoxy) is 6. The smallest absolute Gasteiger partial charge is 0.303 e. The molecule has 1 heterocycles. The zero-order valence-corrected chi connectivity index (χ0v) is 22.1. The van der Waals surface area contributed by atoms with E-state index < -0.39 is 61.2 Å². The zero-order valence-electron chi connectivity index (χ0n) is 22.1. The van der Waals surface area contributed by atoms with Gasteiger partial charge in [0.2, 0.25) is 12.4 Å². The molecule has 0 aromatic heterocycles. The number of hydrogen-bond donors (Lipinski definition) is 2. The lowest BCUT2D eigenvalue weighted by Gasteiger charge is -2.43. The Hall–Kier alpha value is -4.65. The summed E-state index contributed by atoms with van der Waals surface area (Å²) in [7, 11) is 0. The van der Waals surface area contributed by atoms with Gasteiger partial charge < -0.3 is 38.7 Å². The first-order valence-electron chi connectivity index (χ1n) is 12.1. The lowest BCUT2D eigenvalue weighted by molar-refractivity contribution is -0.288. The number of aromatic hydroxyl groups is 1. The van der Waals surface area contributed by atoms with Crippen LogP contribution in [-0.2, 0) is 42.9 Å². The Morgan fingerprint density at radius 3 is 1.98 bits per heavy atom. The average Bonchev–Trinajstić information content (AvgIpc) is 2.88. The molecule has 0 bridgehead atoms. The molecule has 1 fully saturated rings. The van der Waals surface area contributed by atoms with Gasteiger partial charge in [0.25, 0.3) is 0 Å². The molecule has 3 rings (SSSR count). The van der Waals surface area contributed by atoms with E-state index in [2.05, 4.69) is 5.16 Å². The van der Waals surface area contributed by atoms with Gasteiger partial charge in [0, 0.05) is 44.9 Å². The first-order valence-corrected chi connectivity index (χ1v) is 12.1. The van der Waals surface area contributed by atoms with E-state index >= 15 is 0 Å². The number of phenolic OH excluding ortho intramolecular Hbond substituents is 1. The zero-order chi connectivity index (χ0) is 29.4. The van der Waals surface area contributed by atoms with Crippen LogP contribution in [-0.4, -0.2) is 77.2 Å². The van der Waals surface area contributed by atoms with Crippen molar-refractivity contribution in [2.75, 3.05) is 6.61 Å². The van der Waals surface area contributed by atoms with E-state index in [0.717, 1.165) is 27.7 Å². The molecule has 1 aliphatic heterocycles. The summed E-state index contributed by atoms with van der Waals surface area (Å²) in [4.78, 5) is 47.3. The van der Waals surface area contributed by atoms with Crippen molar-refractivity contribution in [1.29, 1.82) is 0 Å². The van der Waals surface area contributed by atoms with Crippen LogP contribution in [0.2, 0.25) is 0 Å². The lowest BCUT2D eigenvalue weighted by Crippen LogP contribution is -2.63. The average molecular weight is 560 g/mol. The van der Waals surface area contributed by atoms with Crippen LogP contribution in [0, 0.1) is 0 Å². The summed E-state index contributed by atoms with van der Waals surface area (Å²) in [6, 6.07) is 12.7. The van der Waals surface area contributed by atoms with E-state index in [1.54, 1.807) is 30.3 Å². The molecule has 13 nitrogen and oxygen atoms in total. The Morgan fingerprint density at radius 2 is 1.43 bits per heavy atom. The lowest BCUT2D eigenvalue weighted by atomic mass is 9.98. The first-order chi connectivity index (χ1) is 19.0. The van der Waals surface area contributed by atoms with Gasteiger partial charge >= 0.3 is 23.9 Å². The molecule has 214 valence electrons. The number of oxime groups is 1. The van der Waals surface area contributed by atoms with E-state index in [-0.39, 0.29) is 22.8 Å². The molecule has 40 heavy (non-hydrogen) atoms. The second-order valence-corrected chi connectivity index (χ2v) is 8.68. The standard InChI is InChI=1S/C27H29NO12/c1-14(29)35-13-22-24(36-15(2)30)25(37-16(3)31)26(38-17(4)32)27(40-22)39-19-10-11-20(21(33)12-19)23(28-34)18-8-6-5-7-9-18/h5-12,22,24-27,33-34H,13H2,1-4H3/b28-23+/t22-,24-,25+,26+,27-/m1/s1. The van der Waals surface area contributed by atoms with Crippen molar-refractivity contribution in [2.45, 2.75) is 58.4 Å². The summed E-state index contributed by atoms with van der Waals surface area (Å²) < 4.78 is 32.9. The van der Waals surface area contributed by atoms with Gasteiger partial charge in [0.05, 0.1) is 0 Å². The van der Waals surface area contributed by atoms with Crippen LogP contribution in [0.1, 0.15) is 38.8 Å². The fourth-order valence-electron chi connectivity index (χ4n) is 4.07. The molecular weight excluding hydrogens is 530 g/mol. The van der Waals surface area contributed by atoms with Crippen LogP contribution >= 0.6 is 0 Å². The van der Waals surface area contributed by atoms with Gasteiger partial charge in [-0.2, -0.15) is 0 Å². The number of nitrogens with zero attached hydrogens (tertiary/aromatic N) is 1. The van der Waals surface area contributed by atoms with Crippen LogP contribution in [0.15, 0.2) is 53.7 Å². The van der Waals surface area contributed by atoms with Crippen molar-refractivity contribution in [3.05, 3.63) is 59.7 Å². The molecule has 2 aromatic rings. The topological polar surface area (TPSA) is 176 Å². The molecular formula is C27H29NO12. The van der Waals surface area contributed by atoms with Gasteiger partial charge in [-0.05, 0) is 12.1 Å². The van der Waals surface area contributed by atoms with Gasteiger partial charge in [-0.1, -0.05) is 35.5 Å². The molecule has 0 radical (unpaired) electrons. The SMILES string of the molecule is CC(=O)OC[C@H]1O[C@@H](Oc2ccc(/C(=N/O)c3ccccc3)c(O)c2)[C@@H](OC(C)=O)[C@@H](OC(C)=O)[C@@H]1OC(C)=O. The minimum absolute atomic E-state index is 0.0208. The predicted octanol–water partition coefficient (Wildman–Crippen LogP) is 2.08. The van der Waals surface area contributed by atoms with Crippen LogP contribution < -0.4 is 4.74 Å². The number of carbonyl (C=O) groups is 4. The Kier molecular flexibility index (Phi) is 10.0. The van der Waals surface area contributed by atoms with Crippen molar-refractivity contribution in [3.8, 4) is 11.5 Å². The summed E-state index contributed by atoms with van der Waals surface area (Å²) in [6.45, 7) is 4.06. The number of phenols is 1. The minimum Gasteiger partial charge on any atom is -0.507 e. The molecule has 0 spiro atoms. The maximum atomic E-state index is 12.0. The van der Waals surface area contributed by atoms with E-state index in [1.807, 2.05) is 0 Å². The highest BCUT2D eigenvalue weighted by atomic mass is 16.7. The molecule has 0 saturated carbocycles. The predicted molar refractivity (Wildman–Crippen MR) is 135 cm³/mol. The Morgan fingerprint density at radius 1 is 0.825 bits per heavy atom. The summed E-state index contributed by atoms with van der Waals surface area (Å²) in [5, 5.41) is 23.6. The monoisotopic (exact) mass is 559 g/mol. The maximum absolute atomic E-state index is 12.0. The third-order valence-corrected chi connectivity index (χ3v) is 5.57. The minimum atomic E-state index is -1.48. The second kappa shape index (κ2) is 13.4. The molecule has 1 aliphatic rings. The number of benzene rings is 2. The van der Waals surface area contributed by atoms with Gasteiger partial charge in [-0.15, -0.1) is 0 Å². The van der Waals surface area contributed by atoms with Crippen molar-refractivity contribution in [3.63, 3.8) is 0 Å². The first kappa shape index (κ1) is 29.9. The van der Waals surface area contributed by atoms with Crippen molar-refractivity contribution in [2.24, 2.45) is 5.16 Å². The molecule has 0 amide bonds. The summed E-state index contributed by atoms with van der Waals surface area (Å²) in [5.74, 6) is -3.30. The summed E-state index contributed by atoms with van der Waals surface area (Å²) >= 11 is 0. The molecule has 2 N–H and O–H groups in total. The highest BCUT2D eigenvalue weighted by Gasteiger charge is 2.53. The molecule has 5 atom stereocenters. The Balaban J connectivity index is 1.98. The molecule has 0 aliphatic carbocycles. The van der Waals surface area contributed by atoms with Crippen LogP contribution in [0.25, 0.3) is 0 Å². The van der Waals surface area contributed by atoms with Crippen molar-refractivity contribution >= 4 is 29.6 Å². The fourth-order valence-corrected chi connectivity index (χ4v) is 4.07. The van der Waals surface area contributed by atoms with E-state index in [4.69, 9.17) is 28.4 Å². The van der Waals surface area contributed by atoms with E-state index in [1.165, 1.54) is 18.2 Å². The molecule has 13 heteroatoms. The Labute approximate surface area is 229 Å². The van der Waals surface area contributed by atoms with Crippen molar-refractivity contribution < 1.29 is 57.9 Å². The Bertz CT molecular complexity index is 1260. The van der Waals surface area contributed by atoms with Crippen molar-refractivity contribution in [1.82, 2.24) is 0 Å². The second-order valence-electron chi connectivity index (χ2n) is 8.68. The van der Waals surface area contributed by atoms with E-state index in [0.29, 0.717) is 5.56 Å². The maximum Gasteiger partial charge on any atom is 0.303 e.